The zero-order valence-electron chi connectivity index (χ0n) is 14.0. The third-order valence-corrected chi connectivity index (χ3v) is 3.92. The van der Waals surface area contributed by atoms with E-state index in [1.807, 2.05) is 30.1 Å². The third kappa shape index (κ3) is 4.53. The van der Waals surface area contributed by atoms with E-state index in [0.717, 1.165) is 24.3 Å². The number of aromatic nitrogens is 3. The second-order valence-corrected chi connectivity index (χ2v) is 6.23. The molecule has 122 valence electrons. The molecule has 0 radical (unpaired) electrons. The largest absolute Gasteiger partial charge is 0.311 e. The number of hydrogen-bond donors (Lipinski definition) is 1. The Morgan fingerprint density at radius 2 is 2.05 bits per heavy atom. The van der Waals surface area contributed by atoms with Gasteiger partial charge < -0.3 is 10.2 Å². The number of nitrogens with one attached hydrogen (secondary N) is 1. The van der Waals surface area contributed by atoms with E-state index < -0.39 is 0 Å². The molecule has 0 aliphatic heterocycles. The summed E-state index contributed by atoms with van der Waals surface area (Å²) < 4.78 is 1.86. The van der Waals surface area contributed by atoms with Gasteiger partial charge in [0.1, 0.15) is 0 Å². The van der Waals surface area contributed by atoms with Crippen molar-refractivity contribution in [2.24, 2.45) is 7.05 Å². The molecular formula is C16H26ClN5. The van der Waals surface area contributed by atoms with Crippen LogP contribution in [0.15, 0.2) is 30.7 Å². The molecule has 1 N–H and O–H groups in total. The summed E-state index contributed by atoms with van der Waals surface area (Å²) in [6.45, 7) is 6.17. The fourth-order valence-corrected chi connectivity index (χ4v) is 2.07. The molecule has 0 atom stereocenters. The average molecular weight is 324 g/mol. The quantitative estimate of drug-likeness (QED) is 0.886. The lowest BCUT2D eigenvalue weighted by Gasteiger charge is -2.32. The van der Waals surface area contributed by atoms with E-state index in [4.69, 9.17) is 0 Å². The zero-order valence-corrected chi connectivity index (χ0v) is 14.8. The highest BCUT2D eigenvalue weighted by atomic mass is 35.5. The van der Waals surface area contributed by atoms with Crippen LogP contribution < -0.4 is 5.32 Å². The molecule has 6 heteroatoms. The van der Waals surface area contributed by atoms with Gasteiger partial charge in [0.2, 0.25) is 0 Å². The molecule has 0 saturated carbocycles. The van der Waals surface area contributed by atoms with Crippen molar-refractivity contribution < 1.29 is 0 Å². The molecule has 0 fully saturated rings. The van der Waals surface area contributed by atoms with E-state index >= 15 is 0 Å². The number of aryl methyl sites for hydroxylation is 1. The normalized spacial score (nSPS) is 11.5. The van der Waals surface area contributed by atoms with Gasteiger partial charge in [-0.15, -0.1) is 12.4 Å². The number of rotatable bonds is 6. The molecule has 0 aromatic carbocycles. The van der Waals surface area contributed by atoms with Gasteiger partial charge in [0.05, 0.1) is 5.69 Å². The van der Waals surface area contributed by atoms with Crippen molar-refractivity contribution >= 4 is 12.4 Å². The van der Waals surface area contributed by atoms with Gasteiger partial charge in [0, 0.05) is 55.4 Å². The van der Waals surface area contributed by atoms with Crippen LogP contribution in [0.4, 0.5) is 0 Å². The first-order chi connectivity index (χ1) is 9.90. The highest BCUT2D eigenvalue weighted by Crippen LogP contribution is 2.20. The maximum Gasteiger partial charge on any atom is 0.0983 e. The topological polar surface area (TPSA) is 46.0 Å². The van der Waals surface area contributed by atoms with Crippen LogP contribution in [0.25, 0.3) is 11.3 Å². The van der Waals surface area contributed by atoms with Gasteiger partial charge >= 0.3 is 0 Å². The Bertz CT molecular complexity index is 577. The number of pyridine rings is 1. The first-order valence-corrected chi connectivity index (χ1v) is 7.21. The molecule has 2 aromatic heterocycles. The van der Waals surface area contributed by atoms with E-state index in [-0.39, 0.29) is 17.9 Å². The summed E-state index contributed by atoms with van der Waals surface area (Å²) >= 11 is 0. The van der Waals surface area contributed by atoms with Crippen molar-refractivity contribution in [1.29, 1.82) is 0 Å². The van der Waals surface area contributed by atoms with Crippen LogP contribution in [0.5, 0.6) is 0 Å². The van der Waals surface area contributed by atoms with Crippen LogP contribution >= 0.6 is 12.4 Å². The Morgan fingerprint density at radius 1 is 1.32 bits per heavy atom. The monoisotopic (exact) mass is 323 g/mol. The molecule has 5 nitrogen and oxygen atoms in total. The molecule has 0 unspecified atom stereocenters. The fraction of sp³-hybridized carbons (Fsp3) is 0.500. The van der Waals surface area contributed by atoms with Gasteiger partial charge in [-0.2, -0.15) is 5.10 Å². The number of hydrogen-bond acceptors (Lipinski definition) is 4. The van der Waals surface area contributed by atoms with Crippen LogP contribution in [0.3, 0.4) is 0 Å². The number of halogens is 1. The lowest BCUT2D eigenvalue weighted by atomic mass is 10.0. The van der Waals surface area contributed by atoms with Crippen LogP contribution in [-0.4, -0.2) is 45.8 Å². The smallest absolute Gasteiger partial charge is 0.0983 e. The lowest BCUT2D eigenvalue weighted by Crippen LogP contribution is -2.46. The van der Waals surface area contributed by atoms with E-state index in [1.54, 1.807) is 6.20 Å². The van der Waals surface area contributed by atoms with Gasteiger partial charge in [-0.3, -0.25) is 9.67 Å². The molecule has 0 aliphatic rings. The van der Waals surface area contributed by atoms with Crippen molar-refractivity contribution in [1.82, 2.24) is 25.0 Å². The maximum absolute atomic E-state index is 4.56. The van der Waals surface area contributed by atoms with Crippen LogP contribution in [-0.2, 0) is 13.6 Å². The second kappa shape index (κ2) is 7.72. The predicted molar refractivity (Wildman–Crippen MR) is 93.2 cm³/mol. The maximum atomic E-state index is 4.56. The van der Waals surface area contributed by atoms with Crippen molar-refractivity contribution in [3.05, 3.63) is 36.3 Å². The summed E-state index contributed by atoms with van der Waals surface area (Å²) in [5.41, 5.74) is 3.37. The third-order valence-electron chi connectivity index (χ3n) is 3.92. The summed E-state index contributed by atoms with van der Waals surface area (Å²) in [6.07, 6.45) is 5.71. The SMILES string of the molecule is CN(C)C(C)(C)CNCc1cn(C)nc1-c1cccnc1.Cl. The first-order valence-electron chi connectivity index (χ1n) is 7.21. The Morgan fingerprint density at radius 3 is 2.64 bits per heavy atom. The Kier molecular flexibility index (Phi) is 6.53. The summed E-state index contributed by atoms with van der Waals surface area (Å²) in [7, 11) is 6.16. The zero-order chi connectivity index (χ0) is 15.5. The Balaban J connectivity index is 0.00000242. The Labute approximate surface area is 139 Å². The van der Waals surface area contributed by atoms with E-state index in [2.05, 4.69) is 54.4 Å². The first kappa shape index (κ1) is 18.6. The van der Waals surface area contributed by atoms with Crippen LogP contribution in [0.2, 0.25) is 0 Å². The molecule has 0 amide bonds. The predicted octanol–water partition coefficient (Wildman–Crippen LogP) is 2.33. The molecule has 2 aromatic rings. The van der Waals surface area contributed by atoms with Gasteiger partial charge in [0.15, 0.2) is 0 Å². The summed E-state index contributed by atoms with van der Waals surface area (Å²) in [6, 6.07) is 3.99. The average Bonchev–Trinajstić information content (AvgIpc) is 2.80. The second-order valence-electron chi connectivity index (χ2n) is 6.23. The van der Waals surface area contributed by atoms with E-state index in [9.17, 15) is 0 Å². The highest BCUT2D eigenvalue weighted by molar-refractivity contribution is 5.85. The summed E-state index contributed by atoms with van der Waals surface area (Å²) in [4.78, 5) is 6.41. The van der Waals surface area contributed by atoms with E-state index in [0.29, 0.717) is 0 Å². The minimum Gasteiger partial charge on any atom is -0.311 e. The molecule has 2 rings (SSSR count). The van der Waals surface area contributed by atoms with Gasteiger partial charge in [-0.1, -0.05) is 0 Å². The van der Waals surface area contributed by atoms with Gasteiger partial charge in [-0.25, -0.2) is 0 Å². The summed E-state index contributed by atoms with van der Waals surface area (Å²) in [5, 5.41) is 8.09. The molecular weight excluding hydrogens is 298 g/mol. The molecule has 22 heavy (non-hydrogen) atoms. The molecule has 0 bridgehead atoms. The van der Waals surface area contributed by atoms with Crippen molar-refractivity contribution in [2.75, 3.05) is 20.6 Å². The molecule has 0 aliphatic carbocycles. The molecule has 0 spiro atoms. The van der Waals surface area contributed by atoms with Crippen molar-refractivity contribution in [3.8, 4) is 11.3 Å². The highest BCUT2D eigenvalue weighted by Gasteiger charge is 2.20. The van der Waals surface area contributed by atoms with Gasteiger partial charge in [0.25, 0.3) is 0 Å². The minimum atomic E-state index is 0. The van der Waals surface area contributed by atoms with Crippen LogP contribution in [0, 0.1) is 0 Å². The molecule has 2 heterocycles. The lowest BCUT2D eigenvalue weighted by molar-refractivity contribution is 0.190. The number of likely N-dealkylation sites (N-methyl/N-ethyl adjacent to an activating group) is 1. The number of nitrogens with zero attached hydrogens (tertiary/aromatic N) is 4. The van der Waals surface area contributed by atoms with Crippen LogP contribution in [0.1, 0.15) is 19.4 Å². The van der Waals surface area contributed by atoms with Crippen molar-refractivity contribution in [2.45, 2.75) is 25.9 Å². The fourth-order valence-electron chi connectivity index (χ4n) is 2.07. The van der Waals surface area contributed by atoms with E-state index in [1.165, 1.54) is 5.56 Å². The molecule has 0 saturated heterocycles. The standard InChI is InChI=1S/C16H25N5.ClH/c1-16(2,20(3)4)12-18-10-14-11-21(5)19-15(14)13-7-6-8-17-9-13;/h6-9,11,18H,10,12H2,1-5H3;1H. The summed E-state index contributed by atoms with van der Waals surface area (Å²) in [5.74, 6) is 0. The van der Waals surface area contributed by atoms with Crippen molar-refractivity contribution in [3.63, 3.8) is 0 Å². The Hall–Kier alpha value is -1.43. The minimum absolute atomic E-state index is 0. The van der Waals surface area contributed by atoms with Gasteiger partial charge in [-0.05, 0) is 40.1 Å².